The molecule has 0 radical (unpaired) electrons. The molecule has 0 aliphatic rings. The van der Waals surface area contributed by atoms with Crippen LogP contribution in [-0.2, 0) is 0 Å². The van der Waals surface area contributed by atoms with Gasteiger partial charge in [0.1, 0.15) is 22.8 Å². The summed E-state index contributed by atoms with van der Waals surface area (Å²) < 4.78 is 22.0. The highest BCUT2D eigenvalue weighted by Gasteiger charge is 2.13. The van der Waals surface area contributed by atoms with E-state index in [1.807, 2.05) is 59.3 Å². The van der Waals surface area contributed by atoms with Crippen LogP contribution >= 0.6 is 0 Å². The topological polar surface area (TPSA) is 31.0 Å². The van der Waals surface area contributed by atoms with E-state index in [-0.39, 0.29) is 5.82 Å². The highest BCUT2D eigenvalue weighted by atomic mass is 19.1. The van der Waals surface area contributed by atoms with Gasteiger partial charge in [-0.3, -0.25) is 4.57 Å². The summed E-state index contributed by atoms with van der Waals surface area (Å²) in [7, 11) is 0. The second-order valence-electron chi connectivity index (χ2n) is 5.88. The predicted molar refractivity (Wildman–Crippen MR) is 96.2 cm³/mol. The predicted octanol–water partition coefficient (Wildman–Crippen LogP) is 5.58. The number of imidazole rings is 1. The summed E-state index contributed by atoms with van der Waals surface area (Å²) in [5.74, 6) is 0.287. The highest BCUT2D eigenvalue weighted by molar-refractivity contribution is 6.05. The largest absolute Gasteiger partial charge is 0.456 e. The summed E-state index contributed by atoms with van der Waals surface area (Å²) in [4.78, 5) is 4.35. The van der Waals surface area contributed by atoms with Crippen LogP contribution in [0.2, 0.25) is 0 Å². The summed E-state index contributed by atoms with van der Waals surface area (Å²) >= 11 is 0. The van der Waals surface area contributed by atoms with E-state index >= 15 is 0 Å². The minimum absolute atomic E-state index is 0.287. The molecule has 0 aliphatic carbocycles. The van der Waals surface area contributed by atoms with Gasteiger partial charge in [-0.05, 0) is 36.4 Å². The van der Waals surface area contributed by atoms with E-state index in [0.717, 1.165) is 27.6 Å². The number of furan rings is 1. The number of hydrogen-bond acceptors (Lipinski definition) is 2. The number of fused-ring (bicyclic) bond motifs is 3. The molecule has 0 fully saturated rings. The first-order chi connectivity index (χ1) is 12.3. The van der Waals surface area contributed by atoms with Crippen molar-refractivity contribution in [2.45, 2.75) is 0 Å². The van der Waals surface area contributed by atoms with E-state index in [0.29, 0.717) is 11.4 Å². The quantitative estimate of drug-likeness (QED) is 0.424. The lowest BCUT2D eigenvalue weighted by Crippen LogP contribution is -1.97. The molecule has 0 saturated heterocycles. The lowest BCUT2D eigenvalue weighted by atomic mass is 10.1. The molecule has 0 amide bonds. The molecular formula is C21H13FN2O. The molecule has 4 heteroatoms. The van der Waals surface area contributed by atoms with Crippen molar-refractivity contribution >= 4 is 21.9 Å². The van der Waals surface area contributed by atoms with Crippen molar-refractivity contribution in [3.8, 4) is 17.1 Å². The van der Waals surface area contributed by atoms with Crippen LogP contribution < -0.4 is 0 Å². The number of benzene rings is 3. The lowest BCUT2D eigenvalue weighted by Gasteiger charge is -2.09. The fourth-order valence-corrected chi connectivity index (χ4v) is 3.22. The molecule has 0 atom stereocenters. The van der Waals surface area contributed by atoms with E-state index < -0.39 is 0 Å². The lowest BCUT2D eigenvalue weighted by molar-refractivity contribution is 0.629. The molecule has 2 aromatic heterocycles. The minimum atomic E-state index is -0.287. The minimum Gasteiger partial charge on any atom is -0.456 e. The Bertz CT molecular complexity index is 1220. The SMILES string of the molecule is Fc1ccccc1-c1nccn1-c1ccc2oc3ccccc3c2c1. The number of halogens is 1. The second kappa shape index (κ2) is 5.31. The van der Waals surface area contributed by atoms with Crippen molar-refractivity contribution in [2.24, 2.45) is 0 Å². The van der Waals surface area contributed by atoms with E-state index in [2.05, 4.69) is 4.98 Å². The maximum Gasteiger partial charge on any atom is 0.147 e. The second-order valence-corrected chi connectivity index (χ2v) is 5.88. The van der Waals surface area contributed by atoms with Crippen LogP contribution in [0.25, 0.3) is 39.0 Å². The van der Waals surface area contributed by atoms with Gasteiger partial charge >= 0.3 is 0 Å². The van der Waals surface area contributed by atoms with Crippen LogP contribution in [0, 0.1) is 5.82 Å². The van der Waals surface area contributed by atoms with Crippen molar-refractivity contribution in [1.29, 1.82) is 0 Å². The van der Waals surface area contributed by atoms with E-state index in [9.17, 15) is 4.39 Å². The molecule has 0 bridgehead atoms. The molecule has 3 aromatic carbocycles. The van der Waals surface area contributed by atoms with Crippen molar-refractivity contribution < 1.29 is 8.81 Å². The first-order valence-electron chi connectivity index (χ1n) is 8.01. The first kappa shape index (κ1) is 14.0. The number of nitrogens with zero attached hydrogens (tertiary/aromatic N) is 2. The van der Waals surface area contributed by atoms with Crippen molar-refractivity contribution in [2.75, 3.05) is 0 Å². The molecule has 3 nitrogen and oxygen atoms in total. The fourth-order valence-electron chi connectivity index (χ4n) is 3.22. The van der Waals surface area contributed by atoms with Crippen molar-refractivity contribution in [3.05, 3.63) is 84.9 Å². The number of para-hydroxylation sites is 1. The Morgan fingerprint density at radius 1 is 0.840 bits per heavy atom. The zero-order valence-electron chi connectivity index (χ0n) is 13.2. The number of rotatable bonds is 2. The molecule has 0 saturated carbocycles. The molecular weight excluding hydrogens is 315 g/mol. The van der Waals surface area contributed by atoms with Crippen LogP contribution in [0.5, 0.6) is 0 Å². The van der Waals surface area contributed by atoms with Crippen LogP contribution in [0.3, 0.4) is 0 Å². The Labute approximate surface area is 143 Å². The molecule has 25 heavy (non-hydrogen) atoms. The van der Waals surface area contributed by atoms with Gasteiger partial charge in [0.05, 0.1) is 5.56 Å². The zero-order chi connectivity index (χ0) is 16.8. The van der Waals surface area contributed by atoms with E-state index in [1.165, 1.54) is 6.07 Å². The van der Waals surface area contributed by atoms with Gasteiger partial charge in [0.25, 0.3) is 0 Å². The van der Waals surface area contributed by atoms with Crippen molar-refractivity contribution in [3.63, 3.8) is 0 Å². The van der Waals surface area contributed by atoms with Gasteiger partial charge in [0.15, 0.2) is 0 Å². The Morgan fingerprint density at radius 3 is 2.56 bits per heavy atom. The Kier molecular flexibility index (Phi) is 2.97. The Morgan fingerprint density at radius 2 is 1.64 bits per heavy atom. The third-order valence-electron chi connectivity index (χ3n) is 4.39. The normalized spacial score (nSPS) is 11.4. The zero-order valence-corrected chi connectivity index (χ0v) is 13.2. The molecule has 120 valence electrons. The van der Waals surface area contributed by atoms with Crippen molar-refractivity contribution in [1.82, 2.24) is 9.55 Å². The van der Waals surface area contributed by atoms with Gasteiger partial charge in [0.2, 0.25) is 0 Å². The van der Waals surface area contributed by atoms with Crippen LogP contribution in [0.4, 0.5) is 4.39 Å². The van der Waals surface area contributed by atoms with Gasteiger partial charge in [0, 0.05) is 28.9 Å². The van der Waals surface area contributed by atoms with Gasteiger partial charge < -0.3 is 4.42 Å². The maximum atomic E-state index is 14.2. The molecule has 0 aliphatic heterocycles. The van der Waals surface area contributed by atoms with Crippen LogP contribution in [0.15, 0.2) is 83.5 Å². The third-order valence-corrected chi connectivity index (χ3v) is 4.39. The summed E-state index contributed by atoms with van der Waals surface area (Å²) in [5.41, 5.74) is 3.08. The molecule has 5 aromatic rings. The van der Waals surface area contributed by atoms with Crippen LogP contribution in [0.1, 0.15) is 0 Å². The number of aromatic nitrogens is 2. The molecule has 2 heterocycles. The monoisotopic (exact) mass is 328 g/mol. The first-order valence-corrected chi connectivity index (χ1v) is 8.01. The summed E-state index contributed by atoms with van der Waals surface area (Å²) in [5, 5.41) is 2.09. The summed E-state index contributed by atoms with van der Waals surface area (Å²) in [6.45, 7) is 0. The van der Waals surface area contributed by atoms with Crippen LogP contribution in [-0.4, -0.2) is 9.55 Å². The molecule has 0 spiro atoms. The number of hydrogen-bond donors (Lipinski definition) is 0. The summed E-state index contributed by atoms with van der Waals surface area (Å²) in [6.07, 6.45) is 3.52. The van der Waals surface area contributed by atoms with Gasteiger partial charge in [-0.25, -0.2) is 9.37 Å². The smallest absolute Gasteiger partial charge is 0.147 e. The third kappa shape index (κ3) is 2.15. The maximum absolute atomic E-state index is 14.2. The molecule has 5 rings (SSSR count). The molecule has 0 unspecified atom stereocenters. The Balaban J connectivity index is 1.74. The standard InChI is InChI=1S/C21H13FN2O/c22-18-7-3-1-6-16(18)21-23-11-12-24(21)14-9-10-20-17(13-14)15-5-2-4-8-19(15)25-20/h1-13H. The van der Waals surface area contributed by atoms with Gasteiger partial charge in [-0.15, -0.1) is 0 Å². The van der Waals surface area contributed by atoms with E-state index in [4.69, 9.17) is 4.42 Å². The van der Waals surface area contributed by atoms with Gasteiger partial charge in [-0.1, -0.05) is 30.3 Å². The van der Waals surface area contributed by atoms with Gasteiger partial charge in [-0.2, -0.15) is 0 Å². The van der Waals surface area contributed by atoms with E-state index in [1.54, 1.807) is 18.3 Å². The summed E-state index contributed by atoms with van der Waals surface area (Å²) in [6, 6.07) is 20.6. The highest BCUT2D eigenvalue weighted by Crippen LogP contribution is 2.31. The molecule has 0 N–H and O–H groups in total. The fraction of sp³-hybridized carbons (Fsp3) is 0. The Hall–Kier alpha value is -3.40. The average Bonchev–Trinajstić information content (AvgIpc) is 3.26. The average molecular weight is 328 g/mol.